The first kappa shape index (κ1) is 24.4. The molecule has 0 bridgehead atoms. The van der Waals surface area contributed by atoms with Gasteiger partial charge < -0.3 is 34.3 Å². The Morgan fingerprint density at radius 2 is 1.91 bits per heavy atom. The topological polar surface area (TPSA) is 141 Å². The highest BCUT2D eigenvalue weighted by atomic mass is 35.5. The molecule has 4 atom stereocenters. The van der Waals surface area contributed by atoms with Gasteiger partial charge in [-0.05, 0) is 29.3 Å². The van der Waals surface area contributed by atoms with Gasteiger partial charge in [-0.25, -0.2) is 4.98 Å². The highest BCUT2D eigenvalue weighted by Gasteiger charge is 2.44. The number of fused-ring (bicyclic) bond motifs is 1. The minimum Gasteiger partial charge on any atom is -0.471 e. The summed E-state index contributed by atoms with van der Waals surface area (Å²) in [6, 6.07) is 5.87. The van der Waals surface area contributed by atoms with E-state index in [0.717, 1.165) is 0 Å². The van der Waals surface area contributed by atoms with E-state index in [1.54, 1.807) is 12.1 Å². The van der Waals surface area contributed by atoms with Crippen LogP contribution in [0.25, 0.3) is 11.2 Å². The van der Waals surface area contributed by atoms with Gasteiger partial charge in [0.1, 0.15) is 30.7 Å². The predicted molar refractivity (Wildman–Crippen MR) is 112 cm³/mol. The van der Waals surface area contributed by atoms with Crippen molar-refractivity contribution in [3.63, 3.8) is 0 Å². The van der Waals surface area contributed by atoms with Gasteiger partial charge in [-0.1, -0.05) is 12.1 Å². The molecule has 11 nitrogen and oxygen atoms in total. The Hall–Kier alpha value is -2.68. The van der Waals surface area contributed by atoms with Crippen LogP contribution >= 0.6 is 11.6 Å². The molecule has 1 saturated heterocycles. The van der Waals surface area contributed by atoms with E-state index >= 15 is 0 Å². The molecule has 2 aromatic heterocycles. The molecule has 3 N–H and O–H groups in total. The summed E-state index contributed by atoms with van der Waals surface area (Å²) in [7, 11) is 0. The summed E-state index contributed by atoms with van der Waals surface area (Å²) < 4.78 is 46.9. The number of benzene rings is 1. The Bertz CT molecular complexity index is 1100. The summed E-state index contributed by atoms with van der Waals surface area (Å²) in [5.74, 6) is 0.0693. The Morgan fingerprint density at radius 1 is 1.15 bits per heavy atom. The van der Waals surface area contributed by atoms with Crippen molar-refractivity contribution in [1.29, 1.82) is 0 Å². The number of hydrogen-bond acceptors (Lipinski definition) is 10. The van der Waals surface area contributed by atoms with Crippen LogP contribution in [0, 0.1) is 0 Å². The third kappa shape index (κ3) is 5.35. The van der Waals surface area contributed by atoms with Crippen LogP contribution in [0.2, 0.25) is 5.28 Å². The summed E-state index contributed by atoms with van der Waals surface area (Å²) in [5.41, 5.74) is 1.07. The fourth-order valence-corrected chi connectivity index (χ4v) is 3.59. The lowest BCUT2D eigenvalue weighted by molar-refractivity contribution is -0.0684. The van der Waals surface area contributed by atoms with Crippen LogP contribution in [0.4, 0.5) is 8.78 Å². The number of aliphatic hydroxyl groups is 3. The summed E-state index contributed by atoms with van der Waals surface area (Å²) >= 11 is 6.06. The molecule has 184 valence electrons. The van der Waals surface area contributed by atoms with E-state index in [1.165, 1.54) is 23.0 Å². The number of aliphatic hydroxyl groups excluding tert-OH is 3. The maximum Gasteiger partial charge on any atom is 0.387 e. The largest absolute Gasteiger partial charge is 0.471 e. The third-order valence-electron chi connectivity index (χ3n) is 5.02. The van der Waals surface area contributed by atoms with Gasteiger partial charge in [0.05, 0.1) is 26.1 Å². The van der Waals surface area contributed by atoms with E-state index in [0.29, 0.717) is 5.56 Å². The smallest absolute Gasteiger partial charge is 0.387 e. The molecule has 1 aliphatic heterocycles. The normalized spacial score (nSPS) is 22.6. The monoisotopic (exact) mass is 502 g/mol. The number of ether oxygens (including phenoxy) is 4. The minimum absolute atomic E-state index is 0.0161. The van der Waals surface area contributed by atoms with Crippen molar-refractivity contribution in [2.45, 2.75) is 37.8 Å². The summed E-state index contributed by atoms with van der Waals surface area (Å²) in [6.07, 6.45) is -3.09. The summed E-state index contributed by atoms with van der Waals surface area (Å²) in [5, 5.41) is 29.5. The van der Waals surface area contributed by atoms with Crippen molar-refractivity contribution < 1.29 is 43.0 Å². The van der Waals surface area contributed by atoms with E-state index in [4.69, 9.17) is 30.9 Å². The number of nitrogens with zero attached hydrogens (tertiary/aromatic N) is 4. The minimum atomic E-state index is -2.92. The molecule has 0 saturated carbocycles. The zero-order chi connectivity index (χ0) is 24.2. The predicted octanol–water partition coefficient (Wildman–Crippen LogP) is 1.29. The molecule has 0 aliphatic carbocycles. The average Bonchev–Trinajstić information content (AvgIpc) is 3.34. The molecular weight excluding hydrogens is 482 g/mol. The molecule has 1 aromatic carbocycles. The zero-order valence-electron chi connectivity index (χ0n) is 17.5. The van der Waals surface area contributed by atoms with Crippen molar-refractivity contribution in [2.75, 3.05) is 19.8 Å². The SMILES string of the molecule is OCCOC[C@H]1O[C@@H](n2cnc3c(OCc4ccc(OC(F)F)cc4)nc(Cl)nc32)[C@H](O)[C@@H]1O. The highest BCUT2D eigenvalue weighted by Crippen LogP contribution is 2.33. The molecule has 0 radical (unpaired) electrons. The lowest BCUT2D eigenvalue weighted by Crippen LogP contribution is -2.34. The van der Waals surface area contributed by atoms with E-state index < -0.39 is 31.2 Å². The fourth-order valence-electron chi connectivity index (χ4n) is 3.43. The van der Waals surface area contributed by atoms with Gasteiger partial charge in [-0.2, -0.15) is 18.7 Å². The van der Waals surface area contributed by atoms with E-state index in [2.05, 4.69) is 19.7 Å². The first-order valence-electron chi connectivity index (χ1n) is 10.1. The number of aromatic nitrogens is 4. The lowest BCUT2D eigenvalue weighted by Gasteiger charge is -2.16. The molecule has 3 aromatic rings. The first-order chi connectivity index (χ1) is 16.4. The molecular formula is C20H21ClF2N4O7. The molecule has 3 heterocycles. The number of imidazole rings is 1. The Kier molecular flexibility index (Phi) is 7.70. The Balaban J connectivity index is 1.51. The van der Waals surface area contributed by atoms with Crippen molar-refractivity contribution in [3.8, 4) is 11.6 Å². The zero-order valence-corrected chi connectivity index (χ0v) is 18.3. The molecule has 14 heteroatoms. The van der Waals surface area contributed by atoms with Crippen molar-refractivity contribution >= 4 is 22.8 Å². The Labute approximate surface area is 196 Å². The van der Waals surface area contributed by atoms with E-state index in [1.807, 2.05) is 0 Å². The number of alkyl halides is 2. The molecule has 1 aliphatic rings. The van der Waals surface area contributed by atoms with Crippen molar-refractivity contribution in [1.82, 2.24) is 19.5 Å². The van der Waals surface area contributed by atoms with E-state index in [9.17, 15) is 19.0 Å². The molecule has 0 spiro atoms. The fraction of sp³-hybridized carbons (Fsp3) is 0.450. The van der Waals surface area contributed by atoms with Gasteiger partial charge in [0.2, 0.25) is 11.2 Å². The van der Waals surface area contributed by atoms with Crippen molar-refractivity contribution in [3.05, 3.63) is 41.4 Å². The molecule has 34 heavy (non-hydrogen) atoms. The second-order valence-corrected chi connectivity index (χ2v) is 7.62. The van der Waals surface area contributed by atoms with Crippen LogP contribution in [-0.2, 0) is 16.1 Å². The van der Waals surface area contributed by atoms with Crippen LogP contribution in [0.3, 0.4) is 0 Å². The molecule has 1 fully saturated rings. The molecule has 4 rings (SSSR count). The second-order valence-electron chi connectivity index (χ2n) is 7.28. The van der Waals surface area contributed by atoms with Gasteiger partial charge in [0.25, 0.3) is 0 Å². The average molecular weight is 503 g/mol. The third-order valence-corrected chi connectivity index (χ3v) is 5.18. The van der Waals surface area contributed by atoms with Crippen LogP contribution < -0.4 is 9.47 Å². The van der Waals surface area contributed by atoms with Crippen LogP contribution in [-0.4, -0.2) is 79.6 Å². The standard InChI is InChI=1S/C20H21ClF2N4O7/c21-19-25-16-13(17(26-19)32-7-10-1-3-11(4-2-10)33-20(22)23)24-9-27(16)18-15(30)14(29)12(34-18)8-31-6-5-28/h1-4,9,12,14-15,18,20,28-30H,5-8H2/t12-,14-,15-,18-/m1/s1. The van der Waals surface area contributed by atoms with Gasteiger partial charge in [0, 0.05) is 0 Å². The van der Waals surface area contributed by atoms with Crippen LogP contribution in [0.1, 0.15) is 11.8 Å². The van der Waals surface area contributed by atoms with Gasteiger partial charge in [-0.3, -0.25) is 4.57 Å². The van der Waals surface area contributed by atoms with Gasteiger partial charge >= 0.3 is 6.61 Å². The van der Waals surface area contributed by atoms with Crippen LogP contribution in [0.5, 0.6) is 11.6 Å². The molecule has 0 amide bonds. The summed E-state index contributed by atoms with van der Waals surface area (Å²) in [4.78, 5) is 12.4. The number of rotatable bonds is 10. The quantitative estimate of drug-likeness (QED) is 0.274. The Morgan fingerprint density at radius 3 is 2.62 bits per heavy atom. The number of hydrogen-bond donors (Lipinski definition) is 3. The first-order valence-corrected chi connectivity index (χ1v) is 10.5. The summed E-state index contributed by atoms with van der Waals surface area (Å²) in [6.45, 7) is -3.05. The van der Waals surface area contributed by atoms with Crippen molar-refractivity contribution in [2.24, 2.45) is 0 Å². The van der Waals surface area contributed by atoms with Crippen LogP contribution in [0.15, 0.2) is 30.6 Å². The lowest BCUT2D eigenvalue weighted by atomic mass is 10.1. The van der Waals surface area contributed by atoms with Gasteiger partial charge in [-0.15, -0.1) is 0 Å². The number of halogens is 3. The van der Waals surface area contributed by atoms with E-state index in [-0.39, 0.29) is 54.5 Å². The maximum absolute atomic E-state index is 12.3. The molecule has 0 unspecified atom stereocenters. The van der Waals surface area contributed by atoms with Gasteiger partial charge in [0.15, 0.2) is 17.4 Å². The maximum atomic E-state index is 12.3. The highest BCUT2D eigenvalue weighted by molar-refractivity contribution is 6.28. The second kappa shape index (κ2) is 10.7.